The van der Waals surface area contributed by atoms with Gasteiger partial charge in [0.1, 0.15) is 0 Å². The Kier molecular flexibility index (Phi) is 7.35. The third kappa shape index (κ3) is 5.42. The fraction of sp³-hybridized carbons (Fsp3) is 0.143. The van der Waals surface area contributed by atoms with Crippen LogP contribution in [0.5, 0.6) is 0 Å². The Hall–Kier alpha value is -1.61. The van der Waals surface area contributed by atoms with E-state index in [1.807, 2.05) is 0 Å². The molecule has 0 bridgehead atoms. The smallest absolute Gasteiger partial charge is 0.219 e. The zero-order chi connectivity index (χ0) is 22.8. The van der Waals surface area contributed by atoms with Crippen molar-refractivity contribution in [1.82, 2.24) is 4.72 Å². The normalized spacial score (nSPS) is 12.1. The lowest BCUT2D eigenvalue weighted by molar-refractivity contribution is 0.580. The van der Waals surface area contributed by atoms with E-state index in [9.17, 15) is 16.8 Å². The van der Waals surface area contributed by atoms with Crippen LogP contribution in [0.2, 0.25) is 15.1 Å². The van der Waals surface area contributed by atoms with Crippen LogP contribution in [0.3, 0.4) is 0 Å². The zero-order valence-corrected chi connectivity index (χ0v) is 20.2. The first-order valence-corrected chi connectivity index (χ1v) is 13.2. The van der Waals surface area contributed by atoms with Gasteiger partial charge < -0.3 is 0 Å². The van der Waals surface area contributed by atoms with Crippen molar-refractivity contribution in [3.05, 3.63) is 86.9 Å². The predicted molar refractivity (Wildman–Crippen MR) is 123 cm³/mol. The van der Waals surface area contributed by atoms with Crippen molar-refractivity contribution in [1.29, 1.82) is 0 Å². The summed E-state index contributed by atoms with van der Waals surface area (Å²) in [5.74, 6) is 0. The van der Waals surface area contributed by atoms with Gasteiger partial charge in [0.15, 0.2) is 0 Å². The summed E-state index contributed by atoms with van der Waals surface area (Å²) in [5, 5.41) is 1.28. The third-order valence-corrected chi connectivity index (χ3v) is 8.94. The molecule has 0 amide bonds. The van der Waals surface area contributed by atoms with Gasteiger partial charge in [-0.05, 0) is 73.0 Å². The van der Waals surface area contributed by atoms with Crippen LogP contribution in [0.25, 0.3) is 0 Å². The van der Waals surface area contributed by atoms with Crippen molar-refractivity contribution in [2.45, 2.75) is 28.0 Å². The van der Waals surface area contributed by atoms with Crippen LogP contribution >= 0.6 is 34.8 Å². The van der Waals surface area contributed by atoms with E-state index in [1.54, 1.807) is 25.1 Å². The summed E-state index contributed by atoms with van der Waals surface area (Å²) in [7, 11) is -7.90. The summed E-state index contributed by atoms with van der Waals surface area (Å²) >= 11 is 18.1. The van der Waals surface area contributed by atoms with E-state index >= 15 is 0 Å². The predicted octanol–water partition coefficient (Wildman–Crippen LogP) is 5.31. The van der Waals surface area contributed by atoms with Crippen LogP contribution in [0.4, 0.5) is 0 Å². The molecule has 10 heteroatoms. The van der Waals surface area contributed by atoms with E-state index in [-0.39, 0.29) is 27.7 Å². The SMILES string of the molecule is Cc1ccc(S(=O)(=O)c2ccc(Cl)cc2)cc1S(=O)(=O)NCCc1c(Cl)cccc1Cl. The maximum absolute atomic E-state index is 12.9. The van der Waals surface area contributed by atoms with E-state index in [4.69, 9.17) is 34.8 Å². The fourth-order valence-corrected chi connectivity index (χ4v) is 6.32. The van der Waals surface area contributed by atoms with Gasteiger partial charge in [0, 0.05) is 21.6 Å². The zero-order valence-electron chi connectivity index (χ0n) is 16.3. The van der Waals surface area contributed by atoms with E-state index in [0.717, 1.165) is 6.07 Å². The summed E-state index contributed by atoms with van der Waals surface area (Å²) in [5.41, 5.74) is 1.04. The maximum atomic E-state index is 12.9. The molecule has 3 rings (SSSR count). The number of rotatable bonds is 7. The molecular weight excluding hydrogens is 501 g/mol. The number of aryl methyl sites for hydroxylation is 1. The summed E-state index contributed by atoms with van der Waals surface area (Å²) in [4.78, 5) is -0.229. The molecule has 0 radical (unpaired) electrons. The van der Waals surface area contributed by atoms with E-state index in [0.29, 0.717) is 26.2 Å². The molecule has 0 aliphatic carbocycles. The largest absolute Gasteiger partial charge is 0.240 e. The van der Waals surface area contributed by atoms with Crippen molar-refractivity contribution in [2.75, 3.05) is 6.54 Å². The first-order valence-electron chi connectivity index (χ1n) is 9.06. The summed E-state index contributed by atoms with van der Waals surface area (Å²) < 4.78 is 54.1. The molecule has 3 aromatic carbocycles. The van der Waals surface area contributed by atoms with Crippen LogP contribution in [0.15, 0.2) is 75.4 Å². The molecular formula is C21H18Cl3NO4S2. The van der Waals surface area contributed by atoms with Crippen molar-refractivity contribution in [3.8, 4) is 0 Å². The van der Waals surface area contributed by atoms with Gasteiger partial charge in [-0.15, -0.1) is 0 Å². The van der Waals surface area contributed by atoms with E-state index < -0.39 is 19.9 Å². The van der Waals surface area contributed by atoms with Gasteiger partial charge in [0.05, 0.1) is 14.7 Å². The number of hydrogen-bond acceptors (Lipinski definition) is 4. The van der Waals surface area contributed by atoms with Gasteiger partial charge in [0.25, 0.3) is 0 Å². The highest BCUT2D eigenvalue weighted by Gasteiger charge is 2.23. The second-order valence-corrected chi connectivity index (χ2v) is 11.7. The third-order valence-electron chi connectivity index (χ3n) is 4.61. The first-order chi connectivity index (χ1) is 14.5. The maximum Gasteiger partial charge on any atom is 0.240 e. The molecule has 31 heavy (non-hydrogen) atoms. The van der Waals surface area contributed by atoms with Crippen LogP contribution < -0.4 is 4.72 Å². The van der Waals surface area contributed by atoms with E-state index in [1.165, 1.54) is 36.4 Å². The second-order valence-electron chi connectivity index (χ2n) is 6.73. The number of hydrogen-bond donors (Lipinski definition) is 1. The highest BCUT2D eigenvalue weighted by Crippen LogP contribution is 2.27. The Labute approximate surface area is 196 Å². The molecule has 0 heterocycles. The van der Waals surface area contributed by atoms with Crippen molar-refractivity contribution in [2.24, 2.45) is 0 Å². The monoisotopic (exact) mass is 517 g/mol. The lowest BCUT2D eigenvalue weighted by atomic mass is 10.1. The van der Waals surface area contributed by atoms with Crippen LogP contribution in [0, 0.1) is 6.92 Å². The van der Waals surface area contributed by atoms with Crippen molar-refractivity contribution < 1.29 is 16.8 Å². The number of nitrogens with one attached hydrogen (secondary N) is 1. The molecule has 164 valence electrons. The Morgan fingerprint density at radius 1 is 0.806 bits per heavy atom. The van der Waals surface area contributed by atoms with Crippen molar-refractivity contribution >= 4 is 54.7 Å². The lowest BCUT2D eigenvalue weighted by Crippen LogP contribution is -2.27. The second kappa shape index (κ2) is 9.48. The number of sulfone groups is 1. The minimum absolute atomic E-state index is 0.0189. The highest BCUT2D eigenvalue weighted by molar-refractivity contribution is 7.91. The Morgan fingerprint density at radius 3 is 2.00 bits per heavy atom. The molecule has 0 aliphatic rings. The highest BCUT2D eigenvalue weighted by atomic mass is 35.5. The number of benzene rings is 3. The molecule has 0 unspecified atom stereocenters. The number of halogens is 3. The molecule has 0 fully saturated rings. The lowest BCUT2D eigenvalue weighted by Gasteiger charge is -2.13. The van der Waals surface area contributed by atoms with Gasteiger partial charge in [-0.2, -0.15) is 0 Å². The van der Waals surface area contributed by atoms with Crippen LogP contribution in [0.1, 0.15) is 11.1 Å². The van der Waals surface area contributed by atoms with E-state index in [2.05, 4.69) is 4.72 Å². The van der Waals surface area contributed by atoms with Gasteiger partial charge in [-0.3, -0.25) is 0 Å². The Bertz CT molecular complexity index is 1300. The summed E-state index contributed by atoms with van der Waals surface area (Å²) in [6.45, 7) is 1.64. The quantitative estimate of drug-likeness (QED) is 0.460. The average molecular weight is 519 g/mol. The van der Waals surface area contributed by atoms with Gasteiger partial charge in [-0.1, -0.05) is 46.9 Å². The van der Waals surface area contributed by atoms with Crippen molar-refractivity contribution in [3.63, 3.8) is 0 Å². The van der Waals surface area contributed by atoms with Gasteiger partial charge >= 0.3 is 0 Å². The molecule has 5 nitrogen and oxygen atoms in total. The molecule has 0 saturated heterocycles. The summed E-state index contributed by atoms with van der Waals surface area (Å²) in [6.07, 6.45) is 0.277. The van der Waals surface area contributed by atoms with Gasteiger partial charge in [0.2, 0.25) is 19.9 Å². The molecule has 0 aromatic heterocycles. The molecule has 0 atom stereocenters. The minimum atomic E-state index is -3.98. The first kappa shape index (κ1) is 24.0. The fourth-order valence-electron chi connectivity index (χ4n) is 2.95. The molecule has 0 aliphatic heterocycles. The van der Waals surface area contributed by atoms with Crippen LogP contribution in [-0.4, -0.2) is 23.4 Å². The summed E-state index contributed by atoms with van der Waals surface area (Å²) in [6, 6.07) is 14.7. The minimum Gasteiger partial charge on any atom is -0.219 e. The topological polar surface area (TPSA) is 80.3 Å². The Balaban J connectivity index is 1.87. The molecule has 0 saturated carbocycles. The Morgan fingerprint density at radius 2 is 1.39 bits per heavy atom. The molecule has 1 N–H and O–H groups in total. The molecule has 3 aromatic rings. The average Bonchev–Trinajstić information content (AvgIpc) is 2.70. The van der Waals surface area contributed by atoms with Gasteiger partial charge in [-0.25, -0.2) is 21.6 Å². The number of sulfonamides is 1. The molecule has 0 spiro atoms. The van der Waals surface area contributed by atoms with Crippen LogP contribution in [-0.2, 0) is 26.3 Å². The standard InChI is InChI=1S/C21H18Cl3NO4S2/c1-14-5-8-17(30(26,27)16-9-6-15(22)7-10-16)13-21(14)31(28,29)25-12-11-18-19(23)3-2-4-20(18)24/h2-10,13,25H,11-12H2,1H3.